The van der Waals surface area contributed by atoms with E-state index >= 15 is 0 Å². The lowest BCUT2D eigenvalue weighted by molar-refractivity contribution is -0.123. The zero-order valence-corrected chi connectivity index (χ0v) is 14.3. The molecular formula is C16H20N4O4. The van der Waals surface area contributed by atoms with Crippen molar-refractivity contribution in [2.75, 3.05) is 12.4 Å². The molecular weight excluding hydrogens is 312 g/mol. The third-order valence-corrected chi connectivity index (χ3v) is 3.59. The number of nitrogens with one attached hydrogen (secondary N) is 1. The second-order valence-electron chi connectivity index (χ2n) is 5.30. The first-order valence-corrected chi connectivity index (χ1v) is 7.35. The number of anilines is 1. The first-order chi connectivity index (χ1) is 11.3. The van der Waals surface area contributed by atoms with Gasteiger partial charge in [-0.3, -0.25) is 9.48 Å². The molecule has 1 amide bonds. The molecule has 2 heterocycles. The van der Waals surface area contributed by atoms with Crippen molar-refractivity contribution in [2.24, 2.45) is 7.05 Å². The molecule has 0 aliphatic heterocycles. The van der Waals surface area contributed by atoms with E-state index < -0.39 is 18.0 Å². The molecule has 0 aliphatic rings. The lowest BCUT2D eigenvalue weighted by atomic mass is 10.2. The Bertz CT molecular complexity index is 752. The van der Waals surface area contributed by atoms with Crippen LogP contribution in [0.4, 0.5) is 5.69 Å². The second-order valence-corrected chi connectivity index (χ2v) is 5.30. The van der Waals surface area contributed by atoms with Gasteiger partial charge in [-0.15, -0.1) is 0 Å². The van der Waals surface area contributed by atoms with Gasteiger partial charge in [0.1, 0.15) is 0 Å². The number of hydrogen-bond acceptors (Lipinski definition) is 6. The molecule has 0 saturated carbocycles. The Morgan fingerprint density at radius 1 is 1.29 bits per heavy atom. The van der Waals surface area contributed by atoms with Gasteiger partial charge in [0.2, 0.25) is 5.88 Å². The number of carbonyl (C=O) groups excluding carboxylic acids is 2. The number of aromatic nitrogens is 3. The number of carbonyl (C=O) groups is 2. The molecule has 0 aromatic carbocycles. The van der Waals surface area contributed by atoms with Gasteiger partial charge in [0.05, 0.1) is 29.7 Å². The van der Waals surface area contributed by atoms with E-state index in [9.17, 15) is 9.59 Å². The molecule has 8 nitrogen and oxygen atoms in total. The number of rotatable bonds is 5. The summed E-state index contributed by atoms with van der Waals surface area (Å²) in [6, 6.07) is 3.07. The van der Waals surface area contributed by atoms with E-state index in [1.54, 1.807) is 24.7 Å². The molecule has 0 radical (unpaired) electrons. The lowest BCUT2D eigenvalue weighted by Gasteiger charge is -2.13. The van der Waals surface area contributed by atoms with Gasteiger partial charge in [-0.1, -0.05) is 0 Å². The smallest absolute Gasteiger partial charge is 0.340 e. The van der Waals surface area contributed by atoms with Crippen LogP contribution in [-0.4, -0.2) is 39.9 Å². The molecule has 1 atom stereocenters. The lowest BCUT2D eigenvalue weighted by Crippen LogP contribution is -2.30. The Morgan fingerprint density at radius 3 is 2.50 bits per heavy atom. The third kappa shape index (κ3) is 3.70. The summed E-state index contributed by atoms with van der Waals surface area (Å²) in [6.07, 6.45) is 0.375. The first-order valence-electron chi connectivity index (χ1n) is 7.35. The summed E-state index contributed by atoms with van der Waals surface area (Å²) in [6.45, 7) is 5.14. The SMILES string of the molecule is COc1ccc(C(=O)O[C@@H](C)C(=O)Nc2c(C)nn(C)c2C)cn1. The van der Waals surface area contributed by atoms with Crippen molar-refractivity contribution in [3.63, 3.8) is 0 Å². The van der Waals surface area contributed by atoms with E-state index in [-0.39, 0.29) is 5.56 Å². The number of hydrogen-bond donors (Lipinski definition) is 1. The molecule has 1 N–H and O–H groups in total. The number of esters is 1. The summed E-state index contributed by atoms with van der Waals surface area (Å²) in [7, 11) is 3.27. The Kier molecular flexibility index (Phi) is 5.18. The molecule has 0 aliphatic carbocycles. The van der Waals surface area contributed by atoms with Crippen LogP contribution in [0.3, 0.4) is 0 Å². The van der Waals surface area contributed by atoms with Gasteiger partial charge in [0, 0.05) is 19.3 Å². The number of methoxy groups -OCH3 is 1. The topological polar surface area (TPSA) is 95.3 Å². The number of amides is 1. The van der Waals surface area contributed by atoms with Gasteiger partial charge >= 0.3 is 5.97 Å². The molecule has 0 unspecified atom stereocenters. The summed E-state index contributed by atoms with van der Waals surface area (Å²) in [5.74, 6) is -0.670. The fraction of sp³-hybridized carbons (Fsp3) is 0.375. The van der Waals surface area contributed by atoms with Crippen LogP contribution in [0.5, 0.6) is 5.88 Å². The maximum Gasteiger partial charge on any atom is 0.340 e. The normalized spacial score (nSPS) is 11.7. The fourth-order valence-corrected chi connectivity index (χ4v) is 2.08. The fourth-order valence-electron chi connectivity index (χ4n) is 2.08. The highest BCUT2D eigenvalue weighted by Crippen LogP contribution is 2.19. The van der Waals surface area contributed by atoms with Gasteiger partial charge in [0.15, 0.2) is 6.10 Å². The average Bonchev–Trinajstić information content (AvgIpc) is 2.81. The van der Waals surface area contributed by atoms with E-state index in [1.165, 1.54) is 26.3 Å². The third-order valence-electron chi connectivity index (χ3n) is 3.59. The van der Waals surface area contributed by atoms with Crippen molar-refractivity contribution in [1.82, 2.24) is 14.8 Å². The van der Waals surface area contributed by atoms with Crippen LogP contribution in [0, 0.1) is 13.8 Å². The van der Waals surface area contributed by atoms with Crippen LogP contribution in [-0.2, 0) is 16.6 Å². The Hall–Kier alpha value is -2.90. The molecule has 8 heteroatoms. The van der Waals surface area contributed by atoms with Crippen molar-refractivity contribution in [2.45, 2.75) is 26.9 Å². The van der Waals surface area contributed by atoms with Crippen molar-refractivity contribution in [3.05, 3.63) is 35.3 Å². The van der Waals surface area contributed by atoms with Crippen LogP contribution < -0.4 is 10.1 Å². The largest absolute Gasteiger partial charge is 0.481 e. The monoisotopic (exact) mass is 332 g/mol. The second kappa shape index (κ2) is 7.12. The van der Waals surface area contributed by atoms with Gasteiger partial charge in [-0.25, -0.2) is 9.78 Å². The van der Waals surface area contributed by atoms with E-state index in [0.29, 0.717) is 17.3 Å². The number of aryl methyl sites for hydroxylation is 2. The molecule has 24 heavy (non-hydrogen) atoms. The first kappa shape index (κ1) is 17.5. The summed E-state index contributed by atoms with van der Waals surface area (Å²) in [5.41, 5.74) is 2.38. The minimum absolute atomic E-state index is 0.240. The van der Waals surface area contributed by atoms with Crippen LogP contribution in [0.2, 0.25) is 0 Å². The highest BCUT2D eigenvalue weighted by molar-refractivity contribution is 5.97. The maximum absolute atomic E-state index is 12.2. The molecule has 0 saturated heterocycles. The predicted molar refractivity (Wildman–Crippen MR) is 87.0 cm³/mol. The highest BCUT2D eigenvalue weighted by Gasteiger charge is 2.21. The van der Waals surface area contributed by atoms with Gasteiger partial charge in [-0.05, 0) is 26.8 Å². The van der Waals surface area contributed by atoms with Gasteiger partial charge < -0.3 is 14.8 Å². The average molecular weight is 332 g/mol. The summed E-state index contributed by atoms with van der Waals surface area (Å²) < 4.78 is 11.8. The molecule has 0 bridgehead atoms. The van der Waals surface area contributed by atoms with Gasteiger partial charge in [-0.2, -0.15) is 5.10 Å². The van der Waals surface area contributed by atoms with Crippen molar-refractivity contribution < 1.29 is 19.1 Å². The summed E-state index contributed by atoms with van der Waals surface area (Å²) >= 11 is 0. The zero-order valence-electron chi connectivity index (χ0n) is 14.3. The minimum atomic E-state index is -0.960. The van der Waals surface area contributed by atoms with Crippen LogP contribution in [0.25, 0.3) is 0 Å². The van der Waals surface area contributed by atoms with E-state index in [2.05, 4.69) is 15.4 Å². The Labute approximate surface area is 139 Å². The van der Waals surface area contributed by atoms with Gasteiger partial charge in [0.25, 0.3) is 5.91 Å². The summed E-state index contributed by atoms with van der Waals surface area (Å²) in [4.78, 5) is 28.2. The van der Waals surface area contributed by atoms with Crippen LogP contribution in [0.1, 0.15) is 28.7 Å². The number of pyridine rings is 1. The molecule has 0 fully saturated rings. The number of nitrogens with zero attached hydrogens (tertiary/aromatic N) is 3. The molecule has 2 rings (SSSR count). The van der Waals surface area contributed by atoms with Crippen molar-refractivity contribution in [3.8, 4) is 5.88 Å². The predicted octanol–water partition coefficient (Wildman–Crippen LogP) is 1.62. The zero-order chi connectivity index (χ0) is 17.9. The molecule has 2 aromatic heterocycles. The highest BCUT2D eigenvalue weighted by atomic mass is 16.5. The summed E-state index contributed by atoms with van der Waals surface area (Å²) in [5, 5.41) is 6.96. The Balaban J connectivity index is 2.01. The van der Waals surface area contributed by atoms with Crippen LogP contribution in [0.15, 0.2) is 18.3 Å². The van der Waals surface area contributed by atoms with E-state index in [0.717, 1.165) is 5.69 Å². The van der Waals surface area contributed by atoms with Crippen molar-refractivity contribution >= 4 is 17.6 Å². The quantitative estimate of drug-likeness (QED) is 0.836. The van der Waals surface area contributed by atoms with Crippen LogP contribution >= 0.6 is 0 Å². The Morgan fingerprint density at radius 2 is 2.00 bits per heavy atom. The molecule has 0 spiro atoms. The van der Waals surface area contributed by atoms with E-state index in [1.807, 2.05) is 6.92 Å². The standard InChI is InChI=1S/C16H20N4O4/c1-9-14(10(2)20(4)19-9)18-15(21)11(3)24-16(22)12-6-7-13(23-5)17-8-12/h6-8,11H,1-5H3,(H,18,21)/t11-/m0/s1. The molecule has 128 valence electrons. The van der Waals surface area contributed by atoms with E-state index in [4.69, 9.17) is 9.47 Å². The maximum atomic E-state index is 12.2. The molecule has 2 aromatic rings. The number of ether oxygens (including phenoxy) is 2. The minimum Gasteiger partial charge on any atom is -0.481 e. The van der Waals surface area contributed by atoms with Crippen molar-refractivity contribution in [1.29, 1.82) is 0 Å².